The lowest BCUT2D eigenvalue weighted by molar-refractivity contribution is -0.137. The fourth-order valence-electron chi connectivity index (χ4n) is 3.95. The van der Waals surface area contributed by atoms with Crippen LogP contribution in [0.15, 0.2) is 18.2 Å². The SMILES string of the molecule is CC(C)(C)OC(=O)N(CCOCCN)CC(=O)Nc1ccc2c(c1)CN(C1CCC(=O)NC1=O)C2=O. The molecule has 12 nitrogen and oxygen atoms in total. The Morgan fingerprint density at radius 1 is 1.22 bits per heavy atom. The van der Waals surface area contributed by atoms with Crippen LogP contribution in [0.25, 0.3) is 0 Å². The summed E-state index contributed by atoms with van der Waals surface area (Å²) in [5, 5.41) is 5.01. The van der Waals surface area contributed by atoms with Gasteiger partial charge in [0.2, 0.25) is 17.7 Å². The van der Waals surface area contributed by atoms with Crippen LogP contribution in [-0.4, -0.2) is 84.0 Å². The lowest BCUT2D eigenvalue weighted by atomic mass is 10.0. The van der Waals surface area contributed by atoms with E-state index in [1.807, 2.05) is 0 Å². The van der Waals surface area contributed by atoms with Crippen LogP contribution in [0.2, 0.25) is 0 Å². The maximum Gasteiger partial charge on any atom is 0.410 e. The van der Waals surface area contributed by atoms with Crippen LogP contribution in [0.1, 0.15) is 49.5 Å². The predicted octanol–water partition coefficient (Wildman–Crippen LogP) is 0.599. The van der Waals surface area contributed by atoms with E-state index in [1.165, 1.54) is 9.80 Å². The van der Waals surface area contributed by atoms with Crippen molar-refractivity contribution in [1.29, 1.82) is 0 Å². The first-order valence-corrected chi connectivity index (χ1v) is 11.8. The van der Waals surface area contributed by atoms with E-state index < -0.39 is 29.6 Å². The van der Waals surface area contributed by atoms with Crippen LogP contribution in [0.3, 0.4) is 0 Å². The summed E-state index contributed by atoms with van der Waals surface area (Å²) in [5.41, 5.74) is 6.22. The molecule has 0 bridgehead atoms. The number of nitrogens with two attached hydrogens (primary N) is 1. The molecule has 1 atom stereocenters. The van der Waals surface area contributed by atoms with Crippen LogP contribution in [0, 0.1) is 0 Å². The zero-order valence-electron chi connectivity index (χ0n) is 20.8. The standard InChI is InChI=1S/C24H33N5O7/c1-24(2,3)36-23(34)28(9-11-35-10-8-25)14-20(31)26-16-4-5-17-15(12-16)13-29(22(17)33)18-6-7-19(30)27-21(18)32/h4-5,12,18H,6-11,13-14,25H2,1-3H3,(H,26,31)(H,27,30,32). The zero-order chi connectivity index (χ0) is 26.5. The van der Waals surface area contributed by atoms with Gasteiger partial charge in [0, 0.05) is 37.3 Å². The number of hydrogen-bond donors (Lipinski definition) is 3. The van der Waals surface area contributed by atoms with Gasteiger partial charge >= 0.3 is 6.09 Å². The van der Waals surface area contributed by atoms with Crippen LogP contribution < -0.4 is 16.4 Å². The number of nitrogens with one attached hydrogen (secondary N) is 2. The van der Waals surface area contributed by atoms with Crippen LogP contribution in [0.4, 0.5) is 10.5 Å². The van der Waals surface area contributed by atoms with Crippen molar-refractivity contribution in [2.75, 3.05) is 38.2 Å². The Balaban J connectivity index is 1.64. The van der Waals surface area contributed by atoms with Crippen LogP contribution in [-0.2, 0) is 30.4 Å². The summed E-state index contributed by atoms with van der Waals surface area (Å²) >= 11 is 0. The summed E-state index contributed by atoms with van der Waals surface area (Å²) < 4.78 is 10.7. The van der Waals surface area contributed by atoms with Crippen molar-refractivity contribution in [2.24, 2.45) is 5.73 Å². The van der Waals surface area contributed by atoms with Gasteiger partial charge in [0.05, 0.1) is 13.2 Å². The number of fused-ring (bicyclic) bond motifs is 1. The second-order valence-electron chi connectivity index (χ2n) is 9.62. The van der Waals surface area contributed by atoms with E-state index >= 15 is 0 Å². The van der Waals surface area contributed by atoms with E-state index in [-0.39, 0.29) is 50.9 Å². The van der Waals surface area contributed by atoms with Crippen molar-refractivity contribution in [1.82, 2.24) is 15.1 Å². The molecule has 12 heteroatoms. The predicted molar refractivity (Wildman–Crippen MR) is 129 cm³/mol. The van der Waals surface area contributed by atoms with Gasteiger partial charge in [0.1, 0.15) is 18.2 Å². The molecule has 3 rings (SSSR count). The fourth-order valence-corrected chi connectivity index (χ4v) is 3.95. The smallest absolute Gasteiger partial charge is 0.410 e. The summed E-state index contributed by atoms with van der Waals surface area (Å²) in [6, 6.07) is 4.12. The van der Waals surface area contributed by atoms with E-state index in [4.69, 9.17) is 15.2 Å². The molecule has 1 aromatic carbocycles. The number of imide groups is 1. The molecular weight excluding hydrogens is 470 g/mol. The van der Waals surface area contributed by atoms with Crippen LogP contribution in [0.5, 0.6) is 0 Å². The average Bonchev–Trinajstić information content (AvgIpc) is 3.10. The number of carbonyl (C=O) groups is 5. The fraction of sp³-hybridized carbons (Fsp3) is 0.542. The average molecular weight is 504 g/mol. The Hall–Kier alpha value is -3.51. The normalized spacial score (nSPS) is 17.5. The number of nitrogens with zero attached hydrogens (tertiary/aromatic N) is 2. The number of rotatable bonds is 9. The van der Waals surface area contributed by atoms with Gasteiger partial charge in [0.25, 0.3) is 5.91 Å². The van der Waals surface area contributed by atoms with Gasteiger partial charge in [-0.05, 0) is 51.0 Å². The van der Waals surface area contributed by atoms with Crippen molar-refractivity contribution >= 4 is 35.4 Å². The molecule has 36 heavy (non-hydrogen) atoms. The molecule has 196 valence electrons. The van der Waals surface area contributed by atoms with Gasteiger partial charge in [-0.3, -0.25) is 29.4 Å². The monoisotopic (exact) mass is 503 g/mol. The van der Waals surface area contributed by atoms with E-state index in [1.54, 1.807) is 39.0 Å². The minimum atomic E-state index is -0.731. The van der Waals surface area contributed by atoms with Crippen molar-refractivity contribution in [3.05, 3.63) is 29.3 Å². The molecule has 2 heterocycles. The summed E-state index contributed by atoms with van der Waals surface area (Å²) in [6.45, 7) is 6.13. The summed E-state index contributed by atoms with van der Waals surface area (Å²) in [7, 11) is 0. The highest BCUT2D eigenvalue weighted by atomic mass is 16.6. The molecular formula is C24H33N5O7. The number of piperidine rings is 1. The second kappa shape index (κ2) is 11.5. The molecule has 0 spiro atoms. The van der Waals surface area contributed by atoms with Gasteiger partial charge in [-0.15, -0.1) is 0 Å². The molecule has 1 fully saturated rings. The summed E-state index contributed by atoms with van der Waals surface area (Å²) in [6.07, 6.45) is -0.208. The number of carbonyl (C=O) groups excluding carboxylic acids is 5. The van der Waals surface area contributed by atoms with Gasteiger partial charge in [0.15, 0.2) is 0 Å². The number of anilines is 1. The van der Waals surface area contributed by atoms with Crippen molar-refractivity contribution in [2.45, 2.75) is 51.8 Å². The third-order valence-corrected chi connectivity index (χ3v) is 5.56. The van der Waals surface area contributed by atoms with E-state index in [0.29, 0.717) is 30.0 Å². The highest BCUT2D eigenvalue weighted by Gasteiger charge is 2.39. The molecule has 1 saturated heterocycles. The molecule has 0 aromatic heterocycles. The number of benzene rings is 1. The van der Waals surface area contributed by atoms with Crippen molar-refractivity contribution in [3.63, 3.8) is 0 Å². The quantitative estimate of drug-likeness (QED) is 0.326. The molecule has 0 aliphatic carbocycles. The molecule has 2 aliphatic rings. The summed E-state index contributed by atoms with van der Waals surface area (Å²) in [4.78, 5) is 64.5. The zero-order valence-corrected chi connectivity index (χ0v) is 20.8. The third kappa shape index (κ3) is 7.01. The largest absolute Gasteiger partial charge is 0.444 e. The minimum Gasteiger partial charge on any atom is -0.444 e. The first kappa shape index (κ1) is 27.1. The van der Waals surface area contributed by atoms with Crippen molar-refractivity contribution in [3.8, 4) is 0 Å². The molecule has 1 unspecified atom stereocenters. The van der Waals surface area contributed by atoms with Gasteiger partial charge in [-0.2, -0.15) is 0 Å². The third-order valence-electron chi connectivity index (χ3n) is 5.56. The maximum absolute atomic E-state index is 12.8. The van der Waals surface area contributed by atoms with E-state index in [2.05, 4.69) is 10.6 Å². The highest BCUT2D eigenvalue weighted by molar-refractivity contribution is 6.05. The molecule has 4 N–H and O–H groups in total. The Labute approximate surface area is 209 Å². The Kier molecular flexibility index (Phi) is 8.64. The Morgan fingerprint density at radius 3 is 2.64 bits per heavy atom. The van der Waals surface area contributed by atoms with Crippen LogP contribution >= 0.6 is 0 Å². The summed E-state index contributed by atoms with van der Waals surface area (Å²) in [5.74, 6) is -1.59. The molecule has 0 radical (unpaired) electrons. The molecule has 0 saturated carbocycles. The number of amides is 5. The lowest BCUT2D eigenvalue weighted by Gasteiger charge is -2.29. The second-order valence-corrected chi connectivity index (χ2v) is 9.62. The minimum absolute atomic E-state index is 0.141. The van der Waals surface area contributed by atoms with Gasteiger partial charge in [-0.25, -0.2) is 4.79 Å². The first-order chi connectivity index (χ1) is 17.0. The van der Waals surface area contributed by atoms with Gasteiger partial charge in [-0.1, -0.05) is 0 Å². The van der Waals surface area contributed by atoms with Crippen molar-refractivity contribution < 1.29 is 33.4 Å². The van der Waals surface area contributed by atoms with E-state index in [0.717, 1.165) is 0 Å². The Morgan fingerprint density at radius 2 is 1.97 bits per heavy atom. The lowest BCUT2D eigenvalue weighted by Crippen LogP contribution is -2.52. The number of ether oxygens (including phenoxy) is 2. The highest BCUT2D eigenvalue weighted by Crippen LogP contribution is 2.29. The Bertz CT molecular complexity index is 1040. The van der Waals surface area contributed by atoms with Gasteiger partial charge < -0.3 is 25.4 Å². The molecule has 1 aromatic rings. The van der Waals surface area contributed by atoms with E-state index in [9.17, 15) is 24.0 Å². The number of hydrogen-bond acceptors (Lipinski definition) is 8. The topological polar surface area (TPSA) is 160 Å². The maximum atomic E-state index is 12.8. The molecule has 5 amide bonds. The molecule has 2 aliphatic heterocycles. The first-order valence-electron chi connectivity index (χ1n) is 11.8.